The lowest BCUT2D eigenvalue weighted by Crippen LogP contribution is -2.37. The van der Waals surface area contributed by atoms with Crippen LogP contribution in [0.2, 0.25) is 0 Å². The van der Waals surface area contributed by atoms with E-state index >= 15 is 0 Å². The number of rotatable bonds is 5. The maximum atomic E-state index is 5.45. The summed E-state index contributed by atoms with van der Waals surface area (Å²) < 4.78 is 9.60. The van der Waals surface area contributed by atoms with Gasteiger partial charge in [0, 0.05) is 37.4 Å². The molecule has 0 atom stereocenters. The number of ether oxygens (including phenoxy) is 1. The summed E-state index contributed by atoms with van der Waals surface area (Å²) in [6, 6.07) is 8.31. The fourth-order valence-corrected chi connectivity index (χ4v) is 4.39. The van der Waals surface area contributed by atoms with Gasteiger partial charge in [-0.15, -0.1) is 5.10 Å². The summed E-state index contributed by atoms with van der Waals surface area (Å²) in [5.74, 6) is 0.741. The first kappa shape index (κ1) is 19.2. The van der Waals surface area contributed by atoms with Crippen molar-refractivity contribution in [3.05, 3.63) is 47.4 Å². The molecule has 156 valence electrons. The summed E-state index contributed by atoms with van der Waals surface area (Å²) in [5.41, 5.74) is 6.61. The van der Waals surface area contributed by atoms with Crippen molar-refractivity contribution >= 4 is 16.7 Å². The minimum absolute atomic E-state index is 0.741. The van der Waals surface area contributed by atoms with Crippen LogP contribution < -0.4 is 0 Å². The molecule has 4 heterocycles. The zero-order valence-electron chi connectivity index (χ0n) is 17.9. The molecule has 7 nitrogen and oxygen atoms in total. The van der Waals surface area contributed by atoms with Gasteiger partial charge in [0.2, 0.25) is 0 Å². The van der Waals surface area contributed by atoms with Gasteiger partial charge >= 0.3 is 0 Å². The molecule has 0 unspecified atom stereocenters. The predicted molar refractivity (Wildman–Crippen MR) is 118 cm³/mol. The monoisotopic (exact) mass is 404 g/mol. The van der Waals surface area contributed by atoms with E-state index in [2.05, 4.69) is 48.4 Å². The van der Waals surface area contributed by atoms with Crippen molar-refractivity contribution in [2.45, 2.75) is 33.7 Å². The molecule has 5 rings (SSSR count). The van der Waals surface area contributed by atoms with Crippen LogP contribution in [0.25, 0.3) is 28.1 Å². The van der Waals surface area contributed by atoms with Crippen LogP contribution in [0, 0.1) is 20.8 Å². The molecule has 30 heavy (non-hydrogen) atoms. The number of hydrogen-bond acceptors (Lipinski definition) is 5. The molecular formula is C23H28N6O. The second-order valence-electron chi connectivity index (χ2n) is 8.19. The summed E-state index contributed by atoms with van der Waals surface area (Å²) in [6.07, 6.45) is 2.89. The third-order valence-electron chi connectivity index (χ3n) is 6.18. The first-order chi connectivity index (χ1) is 14.6. The van der Waals surface area contributed by atoms with E-state index in [1.54, 1.807) is 6.33 Å². The van der Waals surface area contributed by atoms with Crippen molar-refractivity contribution < 1.29 is 4.74 Å². The summed E-state index contributed by atoms with van der Waals surface area (Å²) in [7, 11) is 0. The SMILES string of the molecule is Cc1cccc(-c2nc3c4c(C)c(C)n(CCCN5CCOCC5)c4ncn3n2)c1. The zero-order chi connectivity index (χ0) is 20.7. The molecule has 1 fully saturated rings. The Morgan fingerprint density at radius 2 is 1.87 bits per heavy atom. The molecule has 1 saturated heterocycles. The van der Waals surface area contributed by atoms with E-state index in [4.69, 9.17) is 19.8 Å². The molecule has 0 radical (unpaired) electrons. The number of hydrogen-bond donors (Lipinski definition) is 0. The van der Waals surface area contributed by atoms with Crippen LogP contribution in [0.3, 0.4) is 0 Å². The van der Waals surface area contributed by atoms with Crippen molar-refractivity contribution in [1.29, 1.82) is 0 Å². The Hall–Kier alpha value is -2.77. The van der Waals surface area contributed by atoms with Gasteiger partial charge in [0.15, 0.2) is 11.5 Å². The Labute approximate surface area is 176 Å². The van der Waals surface area contributed by atoms with E-state index in [9.17, 15) is 0 Å². The Bertz CT molecular complexity index is 1200. The summed E-state index contributed by atoms with van der Waals surface area (Å²) in [6.45, 7) is 12.2. The highest BCUT2D eigenvalue weighted by molar-refractivity contribution is 5.94. The Morgan fingerprint density at radius 1 is 1.03 bits per heavy atom. The minimum Gasteiger partial charge on any atom is -0.379 e. The lowest BCUT2D eigenvalue weighted by Gasteiger charge is -2.26. The maximum Gasteiger partial charge on any atom is 0.182 e. The fourth-order valence-electron chi connectivity index (χ4n) is 4.39. The van der Waals surface area contributed by atoms with E-state index in [1.165, 1.54) is 16.8 Å². The van der Waals surface area contributed by atoms with Gasteiger partial charge in [0.1, 0.15) is 12.0 Å². The molecule has 1 aromatic carbocycles. The highest BCUT2D eigenvalue weighted by Gasteiger charge is 2.19. The normalized spacial score (nSPS) is 15.4. The molecule has 0 N–H and O–H groups in total. The quantitative estimate of drug-likeness (QED) is 0.510. The van der Waals surface area contributed by atoms with Crippen LogP contribution in [-0.2, 0) is 11.3 Å². The van der Waals surface area contributed by atoms with Gasteiger partial charge in [-0.1, -0.05) is 23.8 Å². The van der Waals surface area contributed by atoms with Gasteiger partial charge in [-0.25, -0.2) is 14.5 Å². The molecule has 3 aromatic heterocycles. The van der Waals surface area contributed by atoms with Crippen LogP contribution in [0.5, 0.6) is 0 Å². The van der Waals surface area contributed by atoms with Crippen LogP contribution in [0.1, 0.15) is 23.2 Å². The van der Waals surface area contributed by atoms with E-state index < -0.39 is 0 Å². The Morgan fingerprint density at radius 3 is 2.67 bits per heavy atom. The third kappa shape index (κ3) is 3.38. The molecule has 0 bridgehead atoms. The number of aromatic nitrogens is 5. The fraction of sp³-hybridized carbons (Fsp3) is 0.435. The van der Waals surface area contributed by atoms with Crippen molar-refractivity contribution in [3.63, 3.8) is 0 Å². The van der Waals surface area contributed by atoms with Crippen LogP contribution in [0.15, 0.2) is 30.6 Å². The molecule has 1 aliphatic rings. The van der Waals surface area contributed by atoms with Crippen molar-refractivity contribution in [1.82, 2.24) is 29.0 Å². The maximum absolute atomic E-state index is 5.45. The average molecular weight is 405 g/mol. The second-order valence-corrected chi connectivity index (χ2v) is 8.19. The largest absolute Gasteiger partial charge is 0.379 e. The number of benzene rings is 1. The molecule has 0 spiro atoms. The molecule has 0 saturated carbocycles. The number of aryl methyl sites for hydroxylation is 3. The summed E-state index contributed by atoms with van der Waals surface area (Å²) in [4.78, 5) is 12.2. The van der Waals surface area contributed by atoms with Gasteiger partial charge in [0.25, 0.3) is 0 Å². The first-order valence-corrected chi connectivity index (χ1v) is 10.7. The molecular weight excluding hydrogens is 376 g/mol. The Balaban J connectivity index is 1.49. The van der Waals surface area contributed by atoms with E-state index in [0.29, 0.717) is 0 Å². The zero-order valence-corrected chi connectivity index (χ0v) is 17.9. The minimum atomic E-state index is 0.741. The topological polar surface area (TPSA) is 60.5 Å². The van der Waals surface area contributed by atoms with Crippen LogP contribution >= 0.6 is 0 Å². The molecule has 4 aromatic rings. The lowest BCUT2D eigenvalue weighted by atomic mass is 10.1. The molecule has 1 aliphatic heterocycles. The van der Waals surface area contributed by atoms with Crippen LogP contribution in [-0.4, -0.2) is 61.9 Å². The van der Waals surface area contributed by atoms with Gasteiger partial charge < -0.3 is 9.30 Å². The van der Waals surface area contributed by atoms with E-state index in [-0.39, 0.29) is 0 Å². The lowest BCUT2D eigenvalue weighted by molar-refractivity contribution is 0.0369. The van der Waals surface area contributed by atoms with Gasteiger partial charge in [-0.3, -0.25) is 4.90 Å². The average Bonchev–Trinajstić information content (AvgIpc) is 3.29. The Kier molecular flexibility index (Phi) is 5.00. The van der Waals surface area contributed by atoms with Crippen molar-refractivity contribution in [3.8, 4) is 11.4 Å². The van der Waals surface area contributed by atoms with Crippen molar-refractivity contribution in [2.75, 3.05) is 32.8 Å². The third-order valence-corrected chi connectivity index (χ3v) is 6.18. The molecule has 7 heteroatoms. The predicted octanol–water partition coefficient (Wildman–Crippen LogP) is 3.39. The number of morpholine rings is 1. The highest BCUT2D eigenvalue weighted by Crippen LogP contribution is 2.28. The van der Waals surface area contributed by atoms with Crippen molar-refractivity contribution in [2.24, 2.45) is 0 Å². The second kappa shape index (κ2) is 7.81. The summed E-state index contributed by atoms with van der Waals surface area (Å²) >= 11 is 0. The standard InChI is InChI=1S/C23H28N6O/c1-16-6-4-7-19(14-16)21-25-23-20-17(2)18(3)28(22(20)24-15-29(23)26-21)9-5-8-27-10-12-30-13-11-27/h4,6-7,14-15H,5,8-13H2,1-3H3. The van der Waals surface area contributed by atoms with Gasteiger partial charge in [0.05, 0.1) is 18.6 Å². The van der Waals surface area contributed by atoms with Gasteiger partial charge in [-0.05, 0) is 38.8 Å². The number of fused-ring (bicyclic) bond motifs is 3. The highest BCUT2D eigenvalue weighted by atomic mass is 16.5. The molecule has 0 aliphatic carbocycles. The first-order valence-electron chi connectivity index (χ1n) is 10.7. The van der Waals surface area contributed by atoms with E-state index in [0.717, 1.165) is 73.9 Å². The smallest absolute Gasteiger partial charge is 0.182 e. The van der Waals surface area contributed by atoms with E-state index in [1.807, 2.05) is 10.6 Å². The van der Waals surface area contributed by atoms with Gasteiger partial charge in [-0.2, -0.15) is 0 Å². The summed E-state index contributed by atoms with van der Waals surface area (Å²) in [5, 5.41) is 5.80. The number of nitrogens with zero attached hydrogens (tertiary/aromatic N) is 6. The van der Waals surface area contributed by atoms with Crippen LogP contribution in [0.4, 0.5) is 0 Å². The molecule has 0 amide bonds.